The van der Waals surface area contributed by atoms with Gasteiger partial charge in [-0.25, -0.2) is 0 Å². The van der Waals surface area contributed by atoms with Crippen molar-refractivity contribution < 1.29 is 29.1 Å². The minimum Gasteiger partial charge on any atom is -0.872 e. The number of halogens is 1. The number of hydrogen-bond acceptors (Lipinski definition) is 6. The number of rotatable bonds is 6. The number of pyridine rings is 1. The zero-order valence-corrected chi connectivity index (χ0v) is 18.4. The summed E-state index contributed by atoms with van der Waals surface area (Å²) in [4.78, 5) is 32.8. The van der Waals surface area contributed by atoms with Crippen LogP contribution in [0.2, 0.25) is 5.02 Å². The van der Waals surface area contributed by atoms with E-state index in [1.807, 2.05) is 0 Å². The van der Waals surface area contributed by atoms with Crippen LogP contribution in [-0.4, -0.2) is 68.1 Å². The van der Waals surface area contributed by atoms with Crippen LogP contribution >= 0.6 is 11.6 Å². The standard InChI is InChI=1S/C23H24ClN3O5/c1-31-18-3-2-16(14-17(18)24)21(28)19-20(15-4-6-25-7-5-15)27(23(30)22(19)29)9-8-26-10-12-32-13-11-26/h2-7,14,20,28H,8-13H2,1H3/b21-19+. The van der Waals surface area contributed by atoms with Crippen molar-refractivity contribution in [1.82, 2.24) is 9.88 Å². The van der Waals surface area contributed by atoms with Gasteiger partial charge in [-0.05, 0) is 35.4 Å². The molecular weight excluding hydrogens is 434 g/mol. The lowest BCUT2D eigenvalue weighted by molar-refractivity contribution is -0.907. The first kappa shape index (κ1) is 22.3. The maximum absolute atomic E-state index is 13.4. The number of ketones is 1. The Kier molecular flexibility index (Phi) is 6.74. The van der Waals surface area contributed by atoms with E-state index in [1.54, 1.807) is 36.7 Å². The van der Waals surface area contributed by atoms with Crippen LogP contribution in [0.5, 0.6) is 5.75 Å². The van der Waals surface area contributed by atoms with Gasteiger partial charge in [0.05, 0.1) is 44.5 Å². The molecule has 2 aromatic rings. The number of likely N-dealkylation sites (tertiary alicyclic amines) is 1. The molecule has 1 atom stereocenters. The highest BCUT2D eigenvalue weighted by molar-refractivity contribution is 6.46. The SMILES string of the molecule is COc1ccc(/C([O-])=C2\C(=O)C(=O)N(CC[NH+]3CCOCC3)C2c2ccncc2)cc1Cl. The molecular formula is C23H24ClN3O5. The van der Waals surface area contributed by atoms with Crippen LogP contribution in [0, 0.1) is 0 Å². The van der Waals surface area contributed by atoms with Crippen molar-refractivity contribution in [2.75, 3.05) is 46.5 Å². The Morgan fingerprint density at radius 1 is 1.25 bits per heavy atom. The summed E-state index contributed by atoms with van der Waals surface area (Å²) < 4.78 is 10.5. The van der Waals surface area contributed by atoms with Gasteiger partial charge in [0.15, 0.2) is 0 Å². The maximum Gasteiger partial charge on any atom is 0.295 e. The zero-order valence-electron chi connectivity index (χ0n) is 17.7. The molecule has 4 rings (SSSR count). The molecule has 0 saturated carbocycles. The smallest absolute Gasteiger partial charge is 0.295 e. The molecule has 32 heavy (non-hydrogen) atoms. The maximum atomic E-state index is 13.4. The third-order valence-electron chi connectivity index (χ3n) is 5.87. The van der Waals surface area contributed by atoms with Crippen LogP contribution in [0.3, 0.4) is 0 Å². The van der Waals surface area contributed by atoms with Gasteiger partial charge < -0.3 is 24.4 Å². The molecule has 1 amide bonds. The molecule has 2 fully saturated rings. The molecule has 1 N–H and O–H groups in total. The number of amides is 1. The van der Waals surface area contributed by atoms with Gasteiger partial charge in [0.1, 0.15) is 18.8 Å². The Hall–Kier alpha value is -2.94. The van der Waals surface area contributed by atoms with Crippen molar-refractivity contribution in [2.24, 2.45) is 0 Å². The highest BCUT2D eigenvalue weighted by Gasteiger charge is 2.44. The third-order valence-corrected chi connectivity index (χ3v) is 6.17. The Bertz CT molecular complexity index is 1040. The minimum absolute atomic E-state index is 0.0700. The predicted octanol–water partition coefficient (Wildman–Crippen LogP) is -0.117. The quantitative estimate of drug-likeness (QED) is 0.369. The molecule has 2 aliphatic heterocycles. The van der Waals surface area contributed by atoms with Crippen LogP contribution in [0.15, 0.2) is 48.3 Å². The second-order valence-corrected chi connectivity index (χ2v) is 8.12. The molecule has 168 valence electrons. The minimum atomic E-state index is -0.777. The fourth-order valence-corrected chi connectivity index (χ4v) is 4.40. The molecule has 0 aliphatic carbocycles. The van der Waals surface area contributed by atoms with E-state index in [4.69, 9.17) is 21.1 Å². The van der Waals surface area contributed by atoms with E-state index in [-0.39, 0.29) is 16.2 Å². The van der Waals surface area contributed by atoms with Gasteiger partial charge in [-0.3, -0.25) is 14.6 Å². The van der Waals surface area contributed by atoms with E-state index in [0.717, 1.165) is 13.1 Å². The number of benzene rings is 1. The molecule has 3 heterocycles. The summed E-state index contributed by atoms with van der Waals surface area (Å²) in [7, 11) is 1.48. The average molecular weight is 458 g/mol. The highest BCUT2D eigenvalue weighted by atomic mass is 35.5. The van der Waals surface area contributed by atoms with E-state index in [0.29, 0.717) is 37.6 Å². The molecule has 0 spiro atoms. The summed E-state index contributed by atoms with van der Waals surface area (Å²) in [5.74, 6) is -1.54. The number of Topliss-reactive ketones (excluding diaryl/α,β-unsaturated/α-hetero) is 1. The van der Waals surface area contributed by atoms with Crippen LogP contribution in [0.1, 0.15) is 17.2 Å². The summed E-state index contributed by atoms with van der Waals surface area (Å²) in [5.41, 5.74) is 0.824. The highest BCUT2D eigenvalue weighted by Crippen LogP contribution is 2.39. The number of aromatic nitrogens is 1. The van der Waals surface area contributed by atoms with Gasteiger partial charge in [0.2, 0.25) is 5.78 Å². The number of nitrogens with zero attached hydrogens (tertiary/aromatic N) is 2. The molecule has 1 unspecified atom stereocenters. The topological polar surface area (TPSA) is 96.2 Å². The first-order chi connectivity index (χ1) is 15.5. The van der Waals surface area contributed by atoms with Crippen molar-refractivity contribution in [3.05, 3.63) is 64.4 Å². The monoisotopic (exact) mass is 457 g/mol. The number of ether oxygens (including phenoxy) is 2. The van der Waals surface area contributed by atoms with E-state index >= 15 is 0 Å². The lowest BCUT2D eigenvalue weighted by atomic mass is 9.96. The lowest BCUT2D eigenvalue weighted by Gasteiger charge is -2.30. The molecule has 2 aliphatic rings. The molecule has 8 nitrogen and oxygen atoms in total. The Balaban J connectivity index is 1.72. The Morgan fingerprint density at radius 3 is 2.62 bits per heavy atom. The van der Waals surface area contributed by atoms with Crippen LogP contribution < -0.4 is 14.7 Å². The summed E-state index contributed by atoms with van der Waals surface area (Å²) in [6, 6.07) is 7.24. The van der Waals surface area contributed by atoms with Crippen LogP contribution in [0.4, 0.5) is 0 Å². The van der Waals surface area contributed by atoms with Crippen molar-refractivity contribution in [3.8, 4) is 5.75 Å². The number of carbonyl (C=O) groups is 2. The molecule has 0 radical (unpaired) electrons. The molecule has 9 heteroatoms. The normalized spacial score (nSPS) is 21.2. The van der Waals surface area contributed by atoms with Crippen molar-refractivity contribution in [3.63, 3.8) is 0 Å². The summed E-state index contributed by atoms with van der Waals surface area (Å²) in [6.07, 6.45) is 3.17. The number of hydrogen-bond donors (Lipinski definition) is 1. The fraction of sp³-hybridized carbons (Fsp3) is 0.348. The van der Waals surface area contributed by atoms with Gasteiger partial charge in [0, 0.05) is 18.0 Å². The second kappa shape index (κ2) is 9.68. The zero-order chi connectivity index (χ0) is 22.7. The summed E-state index contributed by atoms with van der Waals surface area (Å²) in [6.45, 7) is 4.05. The van der Waals surface area contributed by atoms with Crippen molar-refractivity contribution in [1.29, 1.82) is 0 Å². The third kappa shape index (κ3) is 4.34. The average Bonchev–Trinajstić information content (AvgIpc) is 3.08. The van der Waals surface area contributed by atoms with Crippen molar-refractivity contribution in [2.45, 2.75) is 6.04 Å². The summed E-state index contributed by atoms with van der Waals surface area (Å²) >= 11 is 6.19. The molecule has 1 aromatic heterocycles. The second-order valence-electron chi connectivity index (χ2n) is 7.72. The molecule has 1 aromatic carbocycles. The van der Waals surface area contributed by atoms with E-state index in [2.05, 4.69) is 4.98 Å². The van der Waals surface area contributed by atoms with Crippen LogP contribution in [-0.2, 0) is 14.3 Å². The lowest BCUT2D eigenvalue weighted by Crippen LogP contribution is -3.14. The van der Waals surface area contributed by atoms with E-state index in [9.17, 15) is 14.7 Å². The molecule has 0 bridgehead atoms. The molecule has 2 saturated heterocycles. The Morgan fingerprint density at radius 2 is 1.97 bits per heavy atom. The number of methoxy groups -OCH3 is 1. The summed E-state index contributed by atoms with van der Waals surface area (Å²) in [5, 5.41) is 13.7. The Labute approximate surface area is 191 Å². The van der Waals surface area contributed by atoms with Crippen LogP contribution in [0.25, 0.3) is 5.76 Å². The van der Waals surface area contributed by atoms with E-state index in [1.165, 1.54) is 23.0 Å². The largest absolute Gasteiger partial charge is 0.872 e. The number of morpholine rings is 1. The first-order valence-electron chi connectivity index (χ1n) is 10.4. The number of nitrogens with one attached hydrogen (secondary N) is 1. The van der Waals surface area contributed by atoms with Gasteiger partial charge >= 0.3 is 0 Å². The van der Waals surface area contributed by atoms with E-state index < -0.39 is 23.5 Å². The predicted molar refractivity (Wildman–Crippen MR) is 115 cm³/mol. The van der Waals surface area contributed by atoms with Gasteiger partial charge in [0.25, 0.3) is 5.91 Å². The first-order valence-corrected chi connectivity index (χ1v) is 10.8. The van der Waals surface area contributed by atoms with Crippen molar-refractivity contribution >= 4 is 29.1 Å². The number of carbonyl (C=O) groups excluding carboxylic acids is 2. The van der Waals surface area contributed by atoms with Gasteiger partial charge in [-0.15, -0.1) is 0 Å². The van der Waals surface area contributed by atoms with Gasteiger partial charge in [-0.2, -0.15) is 0 Å². The van der Waals surface area contributed by atoms with Gasteiger partial charge in [-0.1, -0.05) is 23.4 Å². The number of quaternary nitrogens is 1. The fourth-order valence-electron chi connectivity index (χ4n) is 4.14.